The third kappa shape index (κ3) is 4.34. The van der Waals surface area contributed by atoms with Gasteiger partial charge in [-0.1, -0.05) is 0 Å². The molecule has 1 heterocycles. The van der Waals surface area contributed by atoms with Crippen molar-refractivity contribution in [1.29, 1.82) is 0 Å². The molecule has 1 rings (SSSR count). The van der Waals surface area contributed by atoms with Crippen LogP contribution >= 0.6 is 12.6 Å². The van der Waals surface area contributed by atoms with E-state index in [1.807, 2.05) is 7.11 Å². The maximum Gasteiger partial charge on any atom is 0.0698 e. The van der Waals surface area contributed by atoms with Crippen molar-refractivity contribution >= 4 is 12.6 Å². The molecule has 1 unspecified atom stereocenters. The van der Waals surface area contributed by atoms with E-state index in [1.165, 1.54) is 38.8 Å². The van der Waals surface area contributed by atoms with Gasteiger partial charge in [-0.2, -0.15) is 12.6 Å². The second-order valence-corrected chi connectivity index (χ2v) is 4.18. The summed E-state index contributed by atoms with van der Waals surface area (Å²) in [6.45, 7) is 3.61. The summed E-state index contributed by atoms with van der Waals surface area (Å²) in [6, 6.07) is 0. The van der Waals surface area contributed by atoms with E-state index in [0.29, 0.717) is 6.10 Å². The highest BCUT2D eigenvalue weighted by molar-refractivity contribution is 7.80. The molecule has 0 radical (unpaired) electrons. The lowest BCUT2D eigenvalue weighted by atomic mass is 10.1. The number of piperidine rings is 1. The molecule has 3 heteroatoms. The lowest BCUT2D eigenvalue weighted by Crippen LogP contribution is -2.39. The van der Waals surface area contributed by atoms with Gasteiger partial charge in [-0.25, -0.2) is 0 Å². The van der Waals surface area contributed by atoms with Crippen molar-refractivity contribution in [2.75, 3.05) is 32.5 Å². The van der Waals surface area contributed by atoms with E-state index in [-0.39, 0.29) is 0 Å². The van der Waals surface area contributed by atoms with Crippen LogP contribution in [0.5, 0.6) is 0 Å². The molecular weight excluding hydrogens is 182 g/mol. The van der Waals surface area contributed by atoms with Gasteiger partial charge in [0.1, 0.15) is 0 Å². The molecule has 2 nitrogen and oxygen atoms in total. The van der Waals surface area contributed by atoms with Crippen LogP contribution in [0, 0.1) is 0 Å². The van der Waals surface area contributed by atoms with Crippen LogP contribution in [0.4, 0.5) is 0 Å². The predicted molar refractivity (Wildman–Crippen MR) is 59.6 cm³/mol. The monoisotopic (exact) mass is 203 g/mol. The smallest absolute Gasteiger partial charge is 0.0698 e. The number of hydrogen-bond acceptors (Lipinski definition) is 3. The number of unbranched alkanes of at least 4 members (excludes halogenated alkanes) is 1. The molecule has 1 atom stereocenters. The van der Waals surface area contributed by atoms with Crippen LogP contribution in [0.1, 0.15) is 25.7 Å². The van der Waals surface area contributed by atoms with Crippen LogP contribution in [0.3, 0.4) is 0 Å². The Balaban J connectivity index is 2.11. The summed E-state index contributed by atoms with van der Waals surface area (Å²) in [4.78, 5) is 2.51. The molecule has 0 aromatic carbocycles. The van der Waals surface area contributed by atoms with Crippen LogP contribution < -0.4 is 0 Å². The molecular formula is C10H21NOS. The number of methoxy groups -OCH3 is 1. The molecule has 0 aliphatic carbocycles. The van der Waals surface area contributed by atoms with E-state index in [2.05, 4.69) is 17.5 Å². The topological polar surface area (TPSA) is 12.5 Å². The highest BCUT2D eigenvalue weighted by Gasteiger charge is 2.18. The summed E-state index contributed by atoms with van der Waals surface area (Å²) in [5, 5.41) is 0. The summed E-state index contributed by atoms with van der Waals surface area (Å²) in [5.74, 6) is 1.02. The van der Waals surface area contributed by atoms with Gasteiger partial charge in [-0.05, 0) is 44.5 Å². The first kappa shape index (κ1) is 11.3. The zero-order chi connectivity index (χ0) is 9.52. The minimum absolute atomic E-state index is 0.477. The SMILES string of the molecule is COC1CCCN(CCCCS)C1. The van der Waals surface area contributed by atoms with Crippen molar-refractivity contribution in [1.82, 2.24) is 4.90 Å². The highest BCUT2D eigenvalue weighted by Crippen LogP contribution is 2.12. The lowest BCUT2D eigenvalue weighted by molar-refractivity contribution is 0.0311. The van der Waals surface area contributed by atoms with Crippen molar-refractivity contribution in [3.05, 3.63) is 0 Å². The van der Waals surface area contributed by atoms with Crippen LogP contribution in [0.25, 0.3) is 0 Å². The molecule has 0 aromatic rings. The quantitative estimate of drug-likeness (QED) is 0.540. The standard InChI is InChI=1S/C10H21NOS/c1-12-10-5-4-7-11(9-10)6-2-3-8-13/h10,13H,2-9H2,1H3. The molecule has 0 N–H and O–H groups in total. The predicted octanol–water partition coefficient (Wildman–Crippen LogP) is 1.81. The molecule has 1 aliphatic heterocycles. The molecule has 0 bridgehead atoms. The van der Waals surface area contributed by atoms with Crippen molar-refractivity contribution in [3.8, 4) is 0 Å². The van der Waals surface area contributed by atoms with E-state index >= 15 is 0 Å². The lowest BCUT2D eigenvalue weighted by Gasteiger charge is -2.31. The van der Waals surface area contributed by atoms with Gasteiger partial charge < -0.3 is 9.64 Å². The molecule has 1 aliphatic rings. The summed E-state index contributed by atoms with van der Waals surface area (Å²) in [5.41, 5.74) is 0. The number of hydrogen-bond donors (Lipinski definition) is 1. The van der Waals surface area contributed by atoms with Crippen LogP contribution in [-0.4, -0.2) is 43.5 Å². The van der Waals surface area contributed by atoms with Gasteiger partial charge in [0.05, 0.1) is 6.10 Å². The second kappa shape index (κ2) is 6.68. The fourth-order valence-corrected chi connectivity index (χ4v) is 2.08. The van der Waals surface area contributed by atoms with Gasteiger partial charge in [0.15, 0.2) is 0 Å². The molecule has 0 spiro atoms. The largest absolute Gasteiger partial charge is 0.380 e. The molecule has 0 aromatic heterocycles. The van der Waals surface area contributed by atoms with E-state index in [1.54, 1.807) is 0 Å². The highest BCUT2D eigenvalue weighted by atomic mass is 32.1. The van der Waals surface area contributed by atoms with E-state index in [4.69, 9.17) is 4.74 Å². The minimum atomic E-state index is 0.477. The average Bonchev–Trinajstić information content (AvgIpc) is 2.19. The van der Waals surface area contributed by atoms with Crippen LogP contribution in [0.2, 0.25) is 0 Å². The Morgan fingerprint density at radius 1 is 1.46 bits per heavy atom. The summed E-state index contributed by atoms with van der Waals surface area (Å²) < 4.78 is 5.37. The van der Waals surface area contributed by atoms with E-state index < -0.39 is 0 Å². The average molecular weight is 203 g/mol. The van der Waals surface area contributed by atoms with Crippen molar-refractivity contribution < 1.29 is 4.74 Å². The Labute approximate surface area is 87.0 Å². The van der Waals surface area contributed by atoms with Gasteiger partial charge in [-0.15, -0.1) is 0 Å². The number of likely N-dealkylation sites (tertiary alicyclic amines) is 1. The Morgan fingerprint density at radius 3 is 3.00 bits per heavy atom. The van der Waals surface area contributed by atoms with Crippen molar-refractivity contribution in [2.45, 2.75) is 31.8 Å². The number of thiol groups is 1. The Kier molecular flexibility index (Phi) is 5.83. The van der Waals surface area contributed by atoms with Crippen molar-refractivity contribution in [2.24, 2.45) is 0 Å². The van der Waals surface area contributed by atoms with Gasteiger partial charge in [0.25, 0.3) is 0 Å². The summed E-state index contributed by atoms with van der Waals surface area (Å²) >= 11 is 4.21. The van der Waals surface area contributed by atoms with E-state index in [9.17, 15) is 0 Å². The van der Waals surface area contributed by atoms with Crippen LogP contribution in [0.15, 0.2) is 0 Å². The first-order valence-corrected chi connectivity index (χ1v) is 5.86. The summed E-state index contributed by atoms with van der Waals surface area (Å²) in [7, 11) is 1.82. The molecule has 13 heavy (non-hydrogen) atoms. The first-order valence-electron chi connectivity index (χ1n) is 5.23. The zero-order valence-corrected chi connectivity index (χ0v) is 9.43. The Morgan fingerprint density at radius 2 is 2.31 bits per heavy atom. The Hall–Kier alpha value is 0.270. The third-order valence-corrected chi connectivity index (χ3v) is 2.99. The maximum atomic E-state index is 5.37. The van der Waals surface area contributed by atoms with Crippen LogP contribution in [-0.2, 0) is 4.74 Å². The zero-order valence-electron chi connectivity index (χ0n) is 8.54. The fraction of sp³-hybridized carbons (Fsp3) is 1.00. The van der Waals surface area contributed by atoms with Gasteiger partial charge in [-0.3, -0.25) is 0 Å². The van der Waals surface area contributed by atoms with Gasteiger partial charge in [0.2, 0.25) is 0 Å². The Bertz CT molecular complexity index is 132. The molecule has 78 valence electrons. The molecule has 1 fully saturated rings. The van der Waals surface area contributed by atoms with Crippen molar-refractivity contribution in [3.63, 3.8) is 0 Å². The second-order valence-electron chi connectivity index (χ2n) is 3.73. The third-order valence-electron chi connectivity index (χ3n) is 2.68. The molecule has 1 saturated heterocycles. The van der Waals surface area contributed by atoms with Gasteiger partial charge >= 0.3 is 0 Å². The summed E-state index contributed by atoms with van der Waals surface area (Å²) in [6.07, 6.45) is 5.51. The fourth-order valence-electron chi connectivity index (χ4n) is 1.86. The number of nitrogens with zero attached hydrogens (tertiary/aromatic N) is 1. The number of ether oxygens (including phenoxy) is 1. The first-order chi connectivity index (χ1) is 6.36. The van der Waals surface area contributed by atoms with Gasteiger partial charge in [0, 0.05) is 13.7 Å². The minimum Gasteiger partial charge on any atom is -0.380 e. The van der Waals surface area contributed by atoms with E-state index in [0.717, 1.165) is 12.3 Å². The molecule has 0 amide bonds. The molecule has 0 saturated carbocycles. The maximum absolute atomic E-state index is 5.37. The number of rotatable bonds is 5. The normalized spacial score (nSPS) is 24.9.